The average molecular weight is 301 g/mol. The minimum Gasteiger partial charge on any atom is 0 e. The Labute approximate surface area is 94.0 Å². The van der Waals surface area contributed by atoms with Crippen LogP contribution in [0.1, 0.15) is 0 Å². The number of hydrogen-bond acceptors (Lipinski definition) is 0. The van der Waals surface area contributed by atoms with Crippen molar-refractivity contribution in [3.63, 3.8) is 0 Å². The van der Waals surface area contributed by atoms with Crippen molar-refractivity contribution in [1.82, 2.24) is 0 Å². The largest absolute Gasteiger partial charge is 0 e. The van der Waals surface area contributed by atoms with Gasteiger partial charge in [0.2, 0.25) is 0 Å². The van der Waals surface area contributed by atoms with Crippen LogP contribution in [0.25, 0.3) is 0 Å². The third kappa shape index (κ3) is 8.95. The standard InChI is InChI=1S/Al.3Zr. The van der Waals surface area contributed by atoms with Crippen LogP contribution in [-0.4, -0.2) is 17.4 Å². The van der Waals surface area contributed by atoms with Crippen molar-refractivity contribution in [1.29, 1.82) is 0 Å². The Morgan fingerprint density at radius 2 is 0.500 bits per heavy atom. The van der Waals surface area contributed by atoms with E-state index in [0.29, 0.717) is 0 Å². The van der Waals surface area contributed by atoms with Crippen LogP contribution < -0.4 is 0 Å². The van der Waals surface area contributed by atoms with Gasteiger partial charge in [-0.1, -0.05) is 0 Å². The van der Waals surface area contributed by atoms with Crippen molar-refractivity contribution in [3.05, 3.63) is 0 Å². The van der Waals surface area contributed by atoms with E-state index < -0.39 is 0 Å². The Morgan fingerprint density at radius 3 is 0.500 bits per heavy atom. The van der Waals surface area contributed by atoms with Gasteiger partial charge in [-0.05, 0) is 0 Å². The molecule has 0 saturated carbocycles. The Balaban J connectivity index is 0. The quantitative estimate of drug-likeness (QED) is 0.535. The third-order valence-electron chi connectivity index (χ3n) is 0. The van der Waals surface area contributed by atoms with E-state index in [0.717, 1.165) is 0 Å². The monoisotopic (exact) mass is 297 g/mol. The molecular formula is AlZr3. The molecule has 0 nitrogen and oxygen atoms in total. The molecule has 0 aromatic heterocycles. The SMILES string of the molecule is [Al].[Zr].[Zr].[Zr]. The second-order valence-corrected chi connectivity index (χ2v) is 0. The minimum atomic E-state index is 0. The van der Waals surface area contributed by atoms with Crippen LogP contribution in [0.4, 0.5) is 0 Å². The van der Waals surface area contributed by atoms with Gasteiger partial charge in [-0.3, -0.25) is 0 Å². The van der Waals surface area contributed by atoms with Crippen molar-refractivity contribution >= 4 is 17.4 Å². The predicted molar refractivity (Wildman–Crippen MR) is 5.75 cm³/mol. The molecule has 0 aliphatic carbocycles. The van der Waals surface area contributed by atoms with Crippen molar-refractivity contribution in [3.8, 4) is 0 Å². The van der Waals surface area contributed by atoms with Gasteiger partial charge in [0.15, 0.2) is 0 Å². The number of rotatable bonds is 0. The molecule has 0 unspecified atom stereocenters. The summed E-state index contributed by atoms with van der Waals surface area (Å²) >= 11 is 0. The number of hydrogen-bond donors (Lipinski definition) is 0. The summed E-state index contributed by atoms with van der Waals surface area (Å²) in [6.07, 6.45) is 0. The summed E-state index contributed by atoms with van der Waals surface area (Å²) < 4.78 is 0. The Morgan fingerprint density at radius 1 is 0.500 bits per heavy atom. The summed E-state index contributed by atoms with van der Waals surface area (Å²) in [5, 5.41) is 0. The van der Waals surface area contributed by atoms with Crippen LogP contribution >= 0.6 is 0 Å². The van der Waals surface area contributed by atoms with Crippen molar-refractivity contribution in [2.45, 2.75) is 0 Å². The summed E-state index contributed by atoms with van der Waals surface area (Å²) in [5.74, 6) is 0. The summed E-state index contributed by atoms with van der Waals surface area (Å²) in [7, 11) is 0. The molecule has 3 radical (unpaired) electrons. The summed E-state index contributed by atoms with van der Waals surface area (Å²) in [6, 6.07) is 0. The molecule has 0 bridgehead atoms. The van der Waals surface area contributed by atoms with Crippen molar-refractivity contribution < 1.29 is 78.6 Å². The first kappa shape index (κ1) is 27.1. The summed E-state index contributed by atoms with van der Waals surface area (Å²) in [4.78, 5) is 0. The molecule has 15 valence electrons. The van der Waals surface area contributed by atoms with Gasteiger partial charge in [-0.25, -0.2) is 0 Å². The van der Waals surface area contributed by atoms with Crippen LogP contribution in [0.5, 0.6) is 0 Å². The van der Waals surface area contributed by atoms with Crippen LogP contribution in [0.3, 0.4) is 0 Å². The molecule has 0 aliphatic rings. The molecule has 0 atom stereocenters. The van der Waals surface area contributed by atoms with E-state index in [-0.39, 0.29) is 96.0 Å². The molecule has 0 spiro atoms. The zero-order valence-electron chi connectivity index (χ0n) is 2.08. The van der Waals surface area contributed by atoms with Crippen LogP contribution in [0, 0.1) is 0 Å². The fraction of sp³-hybridized carbons (Fsp3) is 0. The van der Waals surface area contributed by atoms with Gasteiger partial charge < -0.3 is 0 Å². The Hall–Kier alpha value is 3.18. The summed E-state index contributed by atoms with van der Waals surface area (Å²) in [5.41, 5.74) is 0. The summed E-state index contributed by atoms with van der Waals surface area (Å²) in [6.45, 7) is 0. The smallest absolute Gasteiger partial charge is 0 e. The molecule has 0 aliphatic heterocycles. The van der Waals surface area contributed by atoms with E-state index in [2.05, 4.69) is 0 Å². The van der Waals surface area contributed by atoms with E-state index in [4.69, 9.17) is 0 Å². The third-order valence-corrected chi connectivity index (χ3v) is 0. The van der Waals surface area contributed by atoms with Gasteiger partial charge in [0, 0.05) is 96.0 Å². The first-order chi connectivity index (χ1) is 0. The predicted octanol–water partition coefficient (Wildman–Crippen LogP) is -0.388. The zero-order valence-corrected chi connectivity index (χ0v) is 10.6. The molecule has 0 aromatic rings. The van der Waals surface area contributed by atoms with Crippen LogP contribution in [-0.2, 0) is 78.6 Å². The molecule has 0 rings (SSSR count). The second kappa shape index (κ2) is 16.4. The molecule has 0 saturated heterocycles. The zero-order chi connectivity index (χ0) is 0. The molecule has 0 fully saturated rings. The average Bonchev–Trinajstić information content (AvgIpc) is 0. The van der Waals surface area contributed by atoms with Gasteiger partial charge in [-0.2, -0.15) is 0 Å². The van der Waals surface area contributed by atoms with Crippen LogP contribution in [0.2, 0.25) is 0 Å². The first-order valence-electron chi connectivity index (χ1n) is 0. The topological polar surface area (TPSA) is 0 Å². The molecular weight excluding hydrogens is 301 g/mol. The van der Waals surface area contributed by atoms with Gasteiger partial charge in [0.05, 0.1) is 0 Å². The molecule has 0 amide bonds. The maximum atomic E-state index is 0. The molecule has 4 heteroatoms. The molecule has 0 N–H and O–H groups in total. The van der Waals surface area contributed by atoms with Gasteiger partial charge in [0.25, 0.3) is 0 Å². The first-order valence-corrected chi connectivity index (χ1v) is 0. The maximum Gasteiger partial charge on any atom is 0 e. The van der Waals surface area contributed by atoms with Gasteiger partial charge in [0.1, 0.15) is 0 Å². The normalized spacial score (nSPS) is 0. The Kier molecular flexibility index (Phi) is 111. The van der Waals surface area contributed by atoms with Gasteiger partial charge in [-0.15, -0.1) is 0 Å². The second-order valence-electron chi connectivity index (χ2n) is 0. The van der Waals surface area contributed by atoms with Crippen molar-refractivity contribution in [2.24, 2.45) is 0 Å². The Bertz CT molecular complexity index is 3.25. The molecule has 0 heterocycles. The van der Waals surface area contributed by atoms with E-state index in [1.165, 1.54) is 0 Å². The fourth-order valence-electron chi connectivity index (χ4n) is 0. The minimum absolute atomic E-state index is 0. The van der Waals surface area contributed by atoms with Gasteiger partial charge >= 0.3 is 0 Å². The van der Waals surface area contributed by atoms with E-state index in [1.54, 1.807) is 0 Å². The maximum absolute atomic E-state index is 0. The van der Waals surface area contributed by atoms with E-state index in [9.17, 15) is 0 Å². The van der Waals surface area contributed by atoms with E-state index >= 15 is 0 Å². The fourth-order valence-corrected chi connectivity index (χ4v) is 0. The van der Waals surface area contributed by atoms with E-state index in [1.807, 2.05) is 0 Å². The molecule has 4 heavy (non-hydrogen) atoms. The van der Waals surface area contributed by atoms with Crippen LogP contribution in [0.15, 0.2) is 0 Å². The molecule has 0 aromatic carbocycles. The van der Waals surface area contributed by atoms with Crippen molar-refractivity contribution in [2.75, 3.05) is 0 Å².